The quantitative estimate of drug-likeness (QED) is 0.713. The van der Waals surface area contributed by atoms with E-state index in [1.165, 1.54) is 11.1 Å². The molecule has 3 N–H and O–H groups in total. The maximum Gasteiger partial charge on any atom is 0.0955 e. The average molecular weight is 266 g/mol. The molecule has 0 radical (unpaired) electrons. The minimum absolute atomic E-state index is 0.805. The van der Waals surface area contributed by atoms with Gasteiger partial charge in [0.05, 0.1) is 17.4 Å². The lowest BCUT2D eigenvalue weighted by molar-refractivity contribution is 0.694. The third-order valence-electron chi connectivity index (χ3n) is 3.40. The fourth-order valence-corrected chi connectivity index (χ4v) is 2.35. The van der Waals surface area contributed by atoms with E-state index in [9.17, 15) is 0 Å². The summed E-state index contributed by atoms with van der Waals surface area (Å²) in [7, 11) is 2.01. The molecule has 4 nitrogen and oxygen atoms in total. The molecule has 0 aliphatic carbocycles. The van der Waals surface area contributed by atoms with Crippen LogP contribution in [0.1, 0.15) is 11.1 Å². The summed E-state index contributed by atoms with van der Waals surface area (Å²) in [5.74, 6) is 0. The lowest BCUT2D eigenvalue weighted by Gasteiger charge is -2.06. The van der Waals surface area contributed by atoms with Crippen LogP contribution in [0.4, 0.5) is 5.69 Å². The highest BCUT2D eigenvalue weighted by Crippen LogP contribution is 2.14. The van der Waals surface area contributed by atoms with Gasteiger partial charge in [-0.05, 0) is 35.4 Å². The van der Waals surface area contributed by atoms with Crippen molar-refractivity contribution in [2.45, 2.75) is 13.1 Å². The van der Waals surface area contributed by atoms with Crippen LogP contribution in [0.2, 0.25) is 0 Å². The Labute approximate surface area is 118 Å². The molecule has 4 heteroatoms. The van der Waals surface area contributed by atoms with Crippen molar-refractivity contribution in [3.05, 3.63) is 59.9 Å². The number of benzene rings is 2. The van der Waals surface area contributed by atoms with Crippen LogP contribution in [-0.2, 0) is 20.1 Å². The largest absolute Gasteiger partial charge is 0.399 e. The zero-order valence-electron chi connectivity index (χ0n) is 11.5. The van der Waals surface area contributed by atoms with Gasteiger partial charge in [-0.2, -0.15) is 0 Å². The Morgan fingerprint density at radius 1 is 1.10 bits per heavy atom. The number of hydrogen-bond acceptors (Lipinski definition) is 3. The molecule has 1 aromatic heterocycles. The number of rotatable bonds is 4. The van der Waals surface area contributed by atoms with Gasteiger partial charge >= 0.3 is 0 Å². The molecule has 0 aliphatic rings. The van der Waals surface area contributed by atoms with Crippen LogP contribution in [-0.4, -0.2) is 9.55 Å². The van der Waals surface area contributed by atoms with E-state index < -0.39 is 0 Å². The van der Waals surface area contributed by atoms with E-state index in [0.29, 0.717) is 0 Å². The van der Waals surface area contributed by atoms with Crippen LogP contribution in [0.15, 0.2) is 48.8 Å². The van der Waals surface area contributed by atoms with Crippen LogP contribution in [0.25, 0.3) is 11.0 Å². The zero-order chi connectivity index (χ0) is 13.9. The molecule has 2 aromatic carbocycles. The molecule has 0 amide bonds. The van der Waals surface area contributed by atoms with Crippen molar-refractivity contribution in [1.82, 2.24) is 14.9 Å². The maximum atomic E-state index is 5.77. The number of nitrogens with one attached hydrogen (secondary N) is 1. The van der Waals surface area contributed by atoms with Crippen molar-refractivity contribution in [3.8, 4) is 0 Å². The van der Waals surface area contributed by atoms with E-state index in [0.717, 1.165) is 29.8 Å². The van der Waals surface area contributed by atoms with Crippen LogP contribution in [0, 0.1) is 0 Å². The molecule has 102 valence electrons. The van der Waals surface area contributed by atoms with E-state index in [4.69, 9.17) is 5.73 Å². The lowest BCUT2D eigenvalue weighted by atomic mass is 10.1. The number of nitrogen functional groups attached to an aromatic ring is 1. The smallest absolute Gasteiger partial charge is 0.0955 e. The molecule has 0 atom stereocenters. The van der Waals surface area contributed by atoms with E-state index in [-0.39, 0.29) is 0 Å². The van der Waals surface area contributed by atoms with Crippen molar-refractivity contribution in [3.63, 3.8) is 0 Å². The summed E-state index contributed by atoms with van der Waals surface area (Å²) in [5, 5.41) is 3.43. The number of nitrogens with zero attached hydrogens (tertiary/aromatic N) is 2. The molecule has 0 spiro atoms. The molecule has 0 fully saturated rings. The fourth-order valence-electron chi connectivity index (χ4n) is 2.35. The molecule has 3 rings (SSSR count). The first-order valence-corrected chi connectivity index (χ1v) is 6.67. The number of anilines is 1. The van der Waals surface area contributed by atoms with Crippen molar-refractivity contribution in [2.24, 2.45) is 7.05 Å². The zero-order valence-corrected chi connectivity index (χ0v) is 11.5. The van der Waals surface area contributed by atoms with Gasteiger partial charge in [0.15, 0.2) is 0 Å². The first kappa shape index (κ1) is 12.7. The highest BCUT2D eigenvalue weighted by Gasteiger charge is 2.01. The topological polar surface area (TPSA) is 55.9 Å². The summed E-state index contributed by atoms with van der Waals surface area (Å²) in [6.07, 6.45) is 1.84. The Hall–Kier alpha value is -2.33. The maximum absolute atomic E-state index is 5.77. The molecule has 0 aliphatic heterocycles. The number of fused-ring (bicyclic) bond motifs is 1. The second-order valence-electron chi connectivity index (χ2n) is 5.03. The SMILES string of the molecule is Cn1cnc2cc(CNCc3cccc(N)c3)ccc21. The molecular formula is C16H18N4. The van der Waals surface area contributed by atoms with Gasteiger partial charge < -0.3 is 15.6 Å². The second-order valence-corrected chi connectivity index (χ2v) is 5.03. The number of aryl methyl sites for hydroxylation is 1. The molecular weight excluding hydrogens is 248 g/mol. The summed E-state index contributed by atoms with van der Waals surface area (Å²) in [6.45, 7) is 1.63. The van der Waals surface area contributed by atoms with Crippen LogP contribution in [0.5, 0.6) is 0 Å². The fraction of sp³-hybridized carbons (Fsp3) is 0.188. The van der Waals surface area contributed by atoms with E-state index in [2.05, 4.69) is 34.6 Å². The van der Waals surface area contributed by atoms with Crippen molar-refractivity contribution >= 4 is 16.7 Å². The van der Waals surface area contributed by atoms with Gasteiger partial charge in [-0.3, -0.25) is 0 Å². The van der Waals surface area contributed by atoms with Crippen molar-refractivity contribution < 1.29 is 0 Å². The van der Waals surface area contributed by atoms with Gasteiger partial charge in [0.25, 0.3) is 0 Å². The first-order valence-electron chi connectivity index (χ1n) is 6.67. The summed E-state index contributed by atoms with van der Waals surface area (Å²) >= 11 is 0. The van der Waals surface area contributed by atoms with Crippen LogP contribution >= 0.6 is 0 Å². The van der Waals surface area contributed by atoms with Gasteiger partial charge in [-0.15, -0.1) is 0 Å². The summed E-state index contributed by atoms with van der Waals surface area (Å²) in [5.41, 5.74) is 11.2. The second kappa shape index (κ2) is 5.35. The molecule has 0 bridgehead atoms. The van der Waals surface area contributed by atoms with E-state index in [1.807, 2.05) is 36.1 Å². The molecule has 1 heterocycles. The van der Waals surface area contributed by atoms with Crippen molar-refractivity contribution in [2.75, 3.05) is 5.73 Å². The van der Waals surface area contributed by atoms with Gasteiger partial charge in [0.1, 0.15) is 0 Å². The molecule has 20 heavy (non-hydrogen) atoms. The number of hydrogen-bond donors (Lipinski definition) is 2. The van der Waals surface area contributed by atoms with Crippen LogP contribution in [0.3, 0.4) is 0 Å². The Morgan fingerprint density at radius 3 is 2.70 bits per heavy atom. The Bertz CT molecular complexity index is 730. The standard InChI is InChI=1S/C16H18N4/c1-20-11-19-15-8-13(5-6-16(15)20)10-18-9-12-3-2-4-14(17)7-12/h2-8,11,18H,9-10,17H2,1H3. The predicted molar refractivity (Wildman–Crippen MR) is 82.1 cm³/mol. The van der Waals surface area contributed by atoms with Gasteiger partial charge in [-0.25, -0.2) is 4.98 Å². The van der Waals surface area contributed by atoms with E-state index >= 15 is 0 Å². The van der Waals surface area contributed by atoms with Gasteiger partial charge in [0.2, 0.25) is 0 Å². The van der Waals surface area contributed by atoms with Gasteiger partial charge in [0, 0.05) is 25.8 Å². The molecule has 0 unspecified atom stereocenters. The Balaban J connectivity index is 1.65. The first-order chi connectivity index (χ1) is 9.72. The monoisotopic (exact) mass is 266 g/mol. The Kier molecular flexibility index (Phi) is 3.39. The summed E-state index contributed by atoms with van der Waals surface area (Å²) in [4.78, 5) is 4.38. The average Bonchev–Trinajstić information content (AvgIpc) is 2.80. The van der Waals surface area contributed by atoms with Crippen LogP contribution < -0.4 is 11.1 Å². The number of aromatic nitrogens is 2. The third-order valence-corrected chi connectivity index (χ3v) is 3.40. The minimum Gasteiger partial charge on any atom is -0.399 e. The van der Waals surface area contributed by atoms with Gasteiger partial charge in [-0.1, -0.05) is 18.2 Å². The third kappa shape index (κ3) is 2.65. The highest BCUT2D eigenvalue weighted by atomic mass is 15.0. The number of imidazole rings is 1. The van der Waals surface area contributed by atoms with E-state index in [1.54, 1.807) is 0 Å². The lowest BCUT2D eigenvalue weighted by Crippen LogP contribution is -2.12. The molecule has 0 saturated heterocycles. The molecule has 3 aromatic rings. The Morgan fingerprint density at radius 2 is 1.90 bits per heavy atom. The predicted octanol–water partition coefficient (Wildman–Crippen LogP) is 2.45. The van der Waals surface area contributed by atoms with Crippen molar-refractivity contribution in [1.29, 1.82) is 0 Å². The summed E-state index contributed by atoms with van der Waals surface area (Å²) in [6, 6.07) is 14.3. The minimum atomic E-state index is 0.805. The highest BCUT2D eigenvalue weighted by molar-refractivity contribution is 5.75. The number of nitrogens with two attached hydrogens (primary N) is 1. The normalized spacial score (nSPS) is 11.1. The molecule has 0 saturated carbocycles. The summed E-state index contributed by atoms with van der Waals surface area (Å²) < 4.78 is 2.03.